The number of aryl methyl sites for hydroxylation is 1. The topological polar surface area (TPSA) is 63.2 Å². The molecular weight excluding hydrogens is 418 g/mol. The first-order valence-electron chi connectivity index (χ1n) is 11.1. The molecule has 1 amide bonds. The summed E-state index contributed by atoms with van der Waals surface area (Å²) in [5, 5.41) is 2.97. The zero-order valence-corrected chi connectivity index (χ0v) is 19.3. The molecule has 32 heavy (non-hydrogen) atoms. The Morgan fingerprint density at radius 3 is 2.34 bits per heavy atom. The number of carbonyl (C=O) groups is 3. The number of hydrogen-bond acceptors (Lipinski definition) is 4. The third-order valence-electron chi connectivity index (χ3n) is 5.78. The van der Waals surface area contributed by atoms with Crippen molar-refractivity contribution in [3.8, 4) is 10.4 Å². The monoisotopic (exact) mass is 445 g/mol. The van der Waals surface area contributed by atoms with Gasteiger partial charge in [0.25, 0.3) is 5.91 Å². The maximum atomic E-state index is 12.9. The van der Waals surface area contributed by atoms with E-state index in [9.17, 15) is 14.4 Å². The second-order valence-corrected chi connectivity index (χ2v) is 9.55. The van der Waals surface area contributed by atoms with Crippen LogP contribution in [0.5, 0.6) is 0 Å². The van der Waals surface area contributed by atoms with Crippen molar-refractivity contribution in [1.82, 2.24) is 0 Å². The van der Waals surface area contributed by atoms with Crippen LogP contribution < -0.4 is 5.32 Å². The van der Waals surface area contributed by atoms with Gasteiger partial charge in [0.05, 0.1) is 4.88 Å². The van der Waals surface area contributed by atoms with Crippen LogP contribution in [0.25, 0.3) is 10.4 Å². The van der Waals surface area contributed by atoms with Crippen LogP contribution in [0, 0.1) is 12.8 Å². The van der Waals surface area contributed by atoms with E-state index in [4.69, 9.17) is 0 Å². The highest BCUT2D eigenvalue weighted by atomic mass is 32.1. The molecule has 3 aromatic rings. The number of rotatable bonds is 9. The fourth-order valence-corrected chi connectivity index (χ4v) is 4.53. The van der Waals surface area contributed by atoms with E-state index in [2.05, 4.69) is 5.32 Å². The van der Waals surface area contributed by atoms with Crippen LogP contribution >= 0.6 is 11.3 Å². The molecule has 2 aromatic carbocycles. The average Bonchev–Trinajstić information content (AvgIpc) is 3.46. The Hall–Kier alpha value is -3.05. The second-order valence-electron chi connectivity index (χ2n) is 8.47. The first-order valence-corrected chi connectivity index (χ1v) is 11.9. The summed E-state index contributed by atoms with van der Waals surface area (Å²) in [5.41, 5.74) is 3.95. The van der Waals surface area contributed by atoms with Crippen molar-refractivity contribution in [2.75, 3.05) is 5.32 Å². The highest BCUT2D eigenvalue weighted by molar-refractivity contribution is 7.17. The normalized spacial score (nSPS) is 13.1. The first kappa shape index (κ1) is 22.2. The van der Waals surface area contributed by atoms with Gasteiger partial charge in [-0.05, 0) is 61.4 Å². The molecule has 0 radical (unpaired) electrons. The minimum absolute atomic E-state index is 0.141. The molecule has 0 atom stereocenters. The number of thiophene rings is 1. The summed E-state index contributed by atoms with van der Waals surface area (Å²) in [6.07, 6.45) is 4.25. The van der Waals surface area contributed by atoms with Gasteiger partial charge in [-0.3, -0.25) is 14.4 Å². The molecule has 0 spiro atoms. The van der Waals surface area contributed by atoms with Crippen LogP contribution in [0.3, 0.4) is 0 Å². The molecule has 0 bridgehead atoms. The first-order chi connectivity index (χ1) is 15.4. The van der Waals surface area contributed by atoms with E-state index >= 15 is 0 Å². The van der Waals surface area contributed by atoms with Crippen LogP contribution in [0.2, 0.25) is 0 Å². The predicted octanol–water partition coefficient (Wildman–Crippen LogP) is 6.94. The number of hydrogen-bond donors (Lipinski definition) is 1. The Morgan fingerprint density at radius 1 is 0.938 bits per heavy atom. The second kappa shape index (κ2) is 9.61. The van der Waals surface area contributed by atoms with Crippen molar-refractivity contribution >= 4 is 34.5 Å². The lowest BCUT2D eigenvalue weighted by Gasteiger charge is -2.10. The Bertz CT molecular complexity index is 1160. The van der Waals surface area contributed by atoms with Gasteiger partial charge in [0.1, 0.15) is 0 Å². The summed E-state index contributed by atoms with van der Waals surface area (Å²) in [5.74, 6) is 0.636. The van der Waals surface area contributed by atoms with Gasteiger partial charge in [-0.15, -0.1) is 11.3 Å². The number of nitrogens with one attached hydrogen (secondary N) is 1. The highest BCUT2D eigenvalue weighted by Gasteiger charge is 2.25. The van der Waals surface area contributed by atoms with E-state index in [1.54, 1.807) is 6.07 Å². The Balaban J connectivity index is 1.46. The largest absolute Gasteiger partial charge is 0.321 e. The number of Topliss-reactive ketones (excluding diaryl/α,β-unsaturated/α-hetero) is 2. The number of benzene rings is 2. The molecular formula is C27H27NO3S. The summed E-state index contributed by atoms with van der Waals surface area (Å²) in [7, 11) is 0. The summed E-state index contributed by atoms with van der Waals surface area (Å²) < 4.78 is 0. The minimum atomic E-state index is -0.189. The molecule has 164 valence electrons. The SMILES string of the molecule is CCCC(=O)c1ccc(-c2ccc(C(=O)Nc3cc(C(=O)CC4CC4)ccc3C)s2)cc1. The van der Waals surface area contributed by atoms with Gasteiger partial charge in [0.15, 0.2) is 11.6 Å². The summed E-state index contributed by atoms with van der Waals surface area (Å²) in [4.78, 5) is 38.9. The molecule has 1 saturated carbocycles. The molecule has 5 heteroatoms. The van der Waals surface area contributed by atoms with E-state index in [0.29, 0.717) is 34.9 Å². The minimum Gasteiger partial charge on any atom is -0.321 e. The van der Waals surface area contributed by atoms with Gasteiger partial charge in [-0.25, -0.2) is 0 Å². The van der Waals surface area contributed by atoms with E-state index in [-0.39, 0.29) is 17.5 Å². The van der Waals surface area contributed by atoms with Crippen LogP contribution in [0.1, 0.15) is 75.0 Å². The fourth-order valence-electron chi connectivity index (χ4n) is 3.62. The molecule has 0 saturated heterocycles. The molecule has 4 nitrogen and oxygen atoms in total. The molecule has 1 aliphatic carbocycles. The molecule has 1 heterocycles. The van der Waals surface area contributed by atoms with Crippen LogP contribution in [-0.4, -0.2) is 17.5 Å². The van der Waals surface area contributed by atoms with E-state index in [0.717, 1.165) is 40.8 Å². The molecule has 0 aliphatic heterocycles. The molecule has 0 unspecified atom stereocenters. The van der Waals surface area contributed by atoms with Crippen molar-refractivity contribution in [1.29, 1.82) is 0 Å². The highest BCUT2D eigenvalue weighted by Crippen LogP contribution is 2.34. The molecule has 1 aliphatic rings. The number of amides is 1. The van der Waals surface area contributed by atoms with Gasteiger partial charge in [-0.1, -0.05) is 43.3 Å². The smallest absolute Gasteiger partial charge is 0.265 e. The average molecular weight is 446 g/mol. The van der Waals surface area contributed by atoms with Crippen molar-refractivity contribution in [2.45, 2.75) is 46.0 Å². The Labute approximate surface area is 192 Å². The van der Waals surface area contributed by atoms with Crippen LogP contribution in [-0.2, 0) is 0 Å². The summed E-state index contributed by atoms with van der Waals surface area (Å²) >= 11 is 1.41. The fraction of sp³-hybridized carbons (Fsp3) is 0.296. The Morgan fingerprint density at radius 2 is 1.66 bits per heavy atom. The van der Waals surface area contributed by atoms with Crippen LogP contribution in [0.15, 0.2) is 54.6 Å². The van der Waals surface area contributed by atoms with Crippen molar-refractivity contribution in [2.24, 2.45) is 5.92 Å². The lowest BCUT2D eigenvalue weighted by molar-refractivity contribution is 0.0970. The van der Waals surface area contributed by atoms with Crippen molar-refractivity contribution in [3.05, 3.63) is 76.2 Å². The number of ketones is 2. The quantitative estimate of drug-likeness (QED) is 0.363. The van der Waals surface area contributed by atoms with Gasteiger partial charge in [-0.2, -0.15) is 0 Å². The van der Waals surface area contributed by atoms with Crippen molar-refractivity contribution < 1.29 is 14.4 Å². The zero-order chi connectivity index (χ0) is 22.7. The summed E-state index contributed by atoms with van der Waals surface area (Å²) in [6.45, 7) is 3.92. The lowest BCUT2D eigenvalue weighted by atomic mass is 10.0. The van der Waals surface area contributed by atoms with Gasteiger partial charge < -0.3 is 5.32 Å². The van der Waals surface area contributed by atoms with E-state index in [1.165, 1.54) is 11.3 Å². The van der Waals surface area contributed by atoms with Crippen LogP contribution in [0.4, 0.5) is 5.69 Å². The number of carbonyl (C=O) groups excluding carboxylic acids is 3. The summed E-state index contributed by atoms with van der Waals surface area (Å²) in [6, 6.07) is 16.8. The molecule has 4 rings (SSSR count). The molecule has 1 N–H and O–H groups in total. The third kappa shape index (κ3) is 5.22. The maximum absolute atomic E-state index is 12.9. The van der Waals surface area contributed by atoms with E-state index < -0.39 is 0 Å². The third-order valence-corrected chi connectivity index (χ3v) is 6.91. The van der Waals surface area contributed by atoms with Gasteiger partial charge in [0.2, 0.25) is 0 Å². The van der Waals surface area contributed by atoms with Gasteiger partial charge in [0, 0.05) is 34.5 Å². The predicted molar refractivity (Wildman–Crippen MR) is 130 cm³/mol. The Kier molecular flexibility index (Phi) is 6.66. The van der Waals surface area contributed by atoms with Gasteiger partial charge >= 0.3 is 0 Å². The van der Waals surface area contributed by atoms with E-state index in [1.807, 2.05) is 62.4 Å². The zero-order valence-electron chi connectivity index (χ0n) is 18.4. The lowest BCUT2D eigenvalue weighted by Crippen LogP contribution is -2.12. The van der Waals surface area contributed by atoms with Crippen molar-refractivity contribution in [3.63, 3.8) is 0 Å². The molecule has 1 fully saturated rings. The maximum Gasteiger partial charge on any atom is 0.265 e. The standard InChI is InChI=1S/C27H27NO3S/c1-3-4-23(29)19-9-11-20(12-10-19)25-13-14-26(32-25)27(31)28-22-16-21(8-5-17(22)2)24(30)15-18-6-7-18/h5,8-14,16,18H,3-4,6-7,15H2,1-2H3,(H,28,31). The number of anilines is 1. The molecule has 1 aromatic heterocycles.